The molecule has 98 heavy (non-hydrogen) atoms. The van der Waals surface area contributed by atoms with Gasteiger partial charge in [-0.1, -0.05) is 28.2 Å². The average molecular weight is 2680 g/mol. The number of phenolic OH excluding ortho intramolecular Hbond substituents is 3. The first-order valence-electron chi connectivity index (χ1n) is 29.4. The fourth-order valence-corrected chi connectivity index (χ4v) is 21.2. The molecule has 0 saturated heterocycles. The quantitative estimate of drug-likeness (QED) is 0.0851. The molecular formula is C75H64I12O10Si. The number of fused-ring (bicyclic) bond motifs is 6. The molecule has 3 N–H and O–H groups in total. The second-order valence-corrected chi connectivity index (χ2v) is 43.3. The summed E-state index contributed by atoms with van der Waals surface area (Å²) in [7, 11) is 7.93. The second-order valence-electron chi connectivity index (χ2n) is 24.1. The van der Waals surface area contributed by atoms with E-state index in [-0.39, 0.29) is 29.7 Å². The lowest BCUT2D eigenvalue weighted by Crippen LogP contribution is -2.43. The molecule has 0 amide bonds. The molecule has 0 radical (unpaired) electrons. The summed E-state index contributed by atoms with van der Waals surface area (Å²) in [6.07, 6.45) is 0. The van der Waals surface area contributed by atoms with Crippen LogP contribution in [0.15, 0.2) is 109 Å². The molecular weight excluding hydrogens is 2610 g/mol. The highest BCUT2D eigenvalue weighted by Gasteiger charge is 2.40. The van der Waals surface area contributed by atoms with Gasteiger partial charge in [-0.3, -0.25) is 0 Å². The molecule has 0 aliphatic rings. The SMILES string of the molecule is C.COc1cc(I)c2cc(I)cc(C)c2c1-c1c(OC)cc(I)c2cc(I)cc(O)c12.COc1cc(I)c2cc(I)cc(C)c2c1-c1c(OC)cc(I)c2cc(I)cc(O[Si](C)(C)C(C)(C)C)c12.COc1cc(I)c2cc(I)cc(O)c2c1-c1c(OC)cc(I)c2cc(I)cc(O)c12. The van der Waals surface area contributed by atoms with Crippen molar-refractivity contribution in [1.82, 2.24) is 0 Å². The third-order valence-electron chi connectivity index (χ3n) is 17.2. The zero-order valence-electron chi connectivity index (χ0n) is 54.1. The Labute approximate surface area is 736 Å². The van der Waals surface area contributed by atoms with E-state index in [1.165, 1.54) is 23.5 Å². The molecule has 0 atom stereocenters. The van der Waals surface area contributed by atoms with Gasteiger partial charge in [0.2, 0.25) is 0 Å². The molecule has 512 valence electrons. The van der Waals surface area contributed by atoms with Crippen LogP contribution >= 0.6 is 271 Å². The van der Waals surface area contributed by atoms with Gasteiger partial charge in [0.25, 0.3) is 8.32 Å². The largest absolute Gasteiger partial charge is 0.543 e. The molecule has 0 unspecified atom stereocenters. The molecule has 0 fully saturated rings. The highest BCUT2D eigenvalue weighted by atomic mass is 127. The Morgan fingerprint density at radius 2 is 0.490 bits per heavy atom. The van der Waals surface area contributed by atoms with Crippen molar-refractivity contribution >= 4 is 344 Å². The summed E-state index contributed by atoms with van der Waals surface area (Å²) in [6.45, 7) is 15.7. The molecule has 12 aromatic rings. The van der Waals surface area contributed by atoms with Gasteiger partial charge in [0, 0.05) is 119 Å². The molecule has 0 spiro atoms. The maximum atomic E-state index is 11.0. The lowest BCUT2D eigenvalue weighted by Gasteiger charge is -2.37. The number of benzene rings is 12. The van der Waals surface area contributed by atoms with E-state index >= 15 is 0 Å². The van der Waals surface area contributed by atoms with Crippen molar-refractivity contribution in [3.8, 4) is 90.9 Å². The highest BCUT2D eigenvalue weighted by molar-refractivity contribution is 14.1. The normalized spacial score (nSPS) is 11.6. The van der Waals surface area contributed by atoms with E-state index in [0.29, 0.717) is 39.1 Å². The Kier molecular flexibility index (Phi) is 27.5. The van der Waals surface area contributed by atoms with Crippen LogP contribution in [-0.2, 0) is 0 Å². The molecule has 0 heterocycles. The molecule has 0 saturated carbocycles. The minimum absolute atomic E-state index is 0. The molecule has 0 bridgehead atoms. The van der Waals surface area contributed by atoms with Gasteiger partial charge in [-0.15, -0.1) is 0 Å². The van der Waals surface area contributed by atoms with Crippen LogP contribution in [0.5, 0.6) is 57.5 Å². The van der Waals surface area contributed by atoms with Crippen LogP contribution in [0.25, 0.3) is 98.0 Å². The lowest BCUT2D eigenvalue weighted by atomic mass is 9.90. The topological polar surface area (TPSA) is 125 Å². The van der Waals surface area contributed by atoms with Crippen LogP contribution in [0.1, 0.15) is 39.3 Å². The molecule has 0 aliphatic heterocycles. The van der Waals surface area contributed by atoms with Crippen molar-refractivity contribution in [3.63, 3.8) is 0 Å². The van der Waals surface area contributed by atoms with Crippen molar-refractivity contribution in [2.24, 2.45) is 0 Å². The van der Waals surface area contributed by atoms with Gasteiger partial charge in [0.15, 0.2) is 0 Å². The van der Waals surface area contributed by atoms with Crippen LogP contribution in [-0.4, -0.2) is 66.3 Å². The van der Waals surface area contributed by atoms with E-state index in [4.69, 9.17) is 32.8 Å². The number of hydrogen-bond acceptors (Lipinski definition) is 10. The number of methoxy groups -OCH3 is 6. The minimum Gasteiger partial charge on any atom is -0.543 e. The summed E-state index contributed by atoms with van der Waals surface area (Å²) in [5.41, 5.74) is 7.60. The maximum absolute atomic E-state index is 11.0. The van der Waals surface area contributed by atoms with E-state index in [0.717, 1.165) is 130 Å². The lowest BCUT2D eigenvalue weighted by molar-refractivity contribution is 0.410. The number of ether oxygens (including phenoxy) is 6. The van der Waals surface area contributed by atoms with Gasteiger partial charge in [-0.2, -0.15) is 0 Å². The maximum Gasteiger partial charge on any atom is 0.250 e. The number of rotatable bonds is 11. The number of aromatic hydroxyl groups is 3. The Balaban J connectivity index is 0.000000172. The van der Waals surface area contributed by atoms with Crippen LogP contribution in [0.4, 0.5) is 0 Å². The Bertz CT molecular complexity index is 4820. The van der Waals surface area contributed by atoms with Crippen molar-refractivity contribution in [1.29, 1.82) is 0 Å². The van der Waals surface area contributed by atoms with E-state index in [9.17, 15) is 15.3 Å². The molecule has 0 aliphatic carbocycles. The van der Waals surface area contributed by atoms with Gasteiger partial charge >= 0.3 is 0 Å². The van der Waals surface area contributed by atoms with E-state index in [2.05, 4.69) is 379 Å². The predicted molar refractivity (Wildman–Crippen MR) is 512 cm³/mol. The van der Waals surface area contributed by atoms with Gasteiger partial charge in [-0.25, -0.2) is 0 Å². The van der Waals surface area contributed by atoms with Crippen molar-refractivity contribution in [3.05, 3.63) is 163 Å². The predicted octanol–water partition coefficient (Wildman–Crippen LogP) is 27.0. The first-order valence-corrected chi connectivity index (χ1v) is 45.3. The van der Waals surface area contributed by atoms with Crippen molar-refractivity contribution < 1.29 is 48.2 Å². The summed E-state index contributed by atoms with van der Waals surface area (Å²) >= 11 is 27.8. The molecule has 10 nitrogen and oxygen atoms in total. The highest BCUT2D eigenvalue weighted by Crippen LogP contribution is 2.56. The van der Waals surface area contributed by atoms with E-state index in [1.807, 2.05) is 30.3 Å². The average Bonchev–Trinajstić information content (AvgIpc) is 0.740. The molecule has 23 heteroatoms. The van der Waals surface area contributed by atoms with Gasteiger partial charge in [0.1, 0.15) is 57.5 Å². The summed E-state index contributed by atoms with van der Waals surface area (Å²) in [4.78, 5) is 0. The zero-order chi connectivity index (χ0) is 70.9. The zero-order valence-corrected chi connectivity index (χ0v) is 81.0. The Hall–Kier alpha value is -0.823. The minimum atomic E-state index is -2.14. The third-order valence-corrected chi connectivity index (χ3v) is 30.7. The standard InChI is InChI=1S/C29H30I4O3Si.C23H16I4O3.C22H14I4O4.CH4/c1-15-9-16(30)10-18-20(32)13-22(34-5)27(25(15)18)28-23(35-6)14-21(33)19-11-17(31)12-24(26(19)28)36-37(7,8)29(2,3)4;1-10-4-11(24)5-13-15(26)8-18(29-2)22(20(10)13)23-19(30-3)9-16(27)14-6-12(25)7-17(28)21(14)23;1-29-17-7-13(25)11-3-9(23)5-15(27)19(11)21(17)22-18(30-2)8-14(26)12-4-10(24)6-16(28)20(12)22;/h9-14H,1-8H3;4-9,28H,1-3H3;3-8,27-28H,1-2H3;1H4. The van der Waals surface area contributed by atoms with Crippen LogP contribution in [0, 0.1) is 56.7 Å². The van der Waals surface area contributed by atoms with E-state index < -0.39 is 8.32 Å². The molecule has 0 aromatic heterocycles. The molecule has 12 rings (SSSR count). The first kappa shape index (κ1) is 81.3. The van der Waals surface area contributed by atoms with Crippen LogP contribution in [0.2, 0.25) is 18.1 Å². The number of phenols is 3. The monoisotopic (exact) mass is 2680 g/mol. The number of hydrogen-bond donors (Lipinski definition) is 3. The van der Waals surface area contributed by atoms with Crippen molar-refractivity contribution in [2.75, 3.05) is 42.7 Å². The van der Waals surface area contributed by atoms with Gasteiger partial charge in [0.05, 0.1) is 42.7 Å². The molecule has 12 aromatic carbocycles. The van der Waals surface area contributed by atoms with Crippen LogP contribution in [0.3, 0.4) is 0 Å². The summed E-state index contributed by atoms with van der Waals surface area (Å²) in [5.74, 6) is 5.78. The summed E-state index contributed by atoms with van der Waals surface area (Å²) in [6, 6.07) is 36.9. The Morgan fingerprint density at radius 3 is 0.735 bits per heavy atom. The number of aryl methyl sites for hydroxylation is 2. The van der Waals surface area contributed by atoms with Gasteiger partial charge in [-0.05, 0) is 445 Å². The summed E-state index contributed by atoms with van der Waals surface area (Å²) in [5, 5.41) is 44.9. The fourth-order valence-electron chi connectivity index (χ4n) is 12.0. The smallest absolute Gasteiger partial charge is 0.250 e. The Morgan fingerprint density at radius 1 is 0.286 bits per heavy atom. The van der Waals surface area contributed by atoms with E-state index in [1.54, 1.807) is 60.9 Å². The number of halogens is 12. The van der Waals surface area contributed by atoms with Gasteiger partial charge < -0.3 is 48.2 Å². The van der Waals surface area contributed by atoms with Crippen molar-refractivity contribution in [2.45, 2.75) is 60.2 Å². The summed E-state index contributed by atoms with van der Waals surface area (Å²) < 4.78 is 55.2. The van der Waals surface area contributed by atoms with Crippen LogP contribution < -0.4 is 32.8 Å². The first-order chi connectivity index (χ1) is 45.7. The second kappa shape index (κ2) is 33.1. The third kappa shape index (κ3) is 16.1. The fraction of sp³-hybridized carbons (Fsp3) is 0.200.